The molecule has 27 heavy (non-hydrogen) atoms. The number of aromatic hydroxyl groups is 2. The molecular weight excluding hydrogens is 366 g/mol. The van der Waals surface area contributed by atoms with Crippen molar-refractivity contribution in [2.75, 3.05) is 0 Å². The molecular formula is C20H11NO5S. The molecule has 1 spiro atoms. The first-order valence-electron chi connectivity index (χ1n) is 8.09. The van der Waals surface area contributed by atoms with E-state index in [0.29, 0.717) is 39.4 Å². The van der Waals surface area contributed by atoms with E-state index in [1.54, 1.807) is 30.3 Å². The van der Waals surface area contributed by atoms with Crippen LogP contribution >= 0.6 is 0 Å². The number of carbonyl (C=O) groups excluding carboxylic acids is 1. The molecule has 0 bridgehead atoms. The van der Waals surface area contributed by atoms with Crippen molar-refractivity contribution in [3.63, 3.8) is 0 Å². The smallest absolute Gasteiger partial charge is 0.340 e. The van der Waals surface area contributed by atoms with Crippen molar-refractivity contribution in [3.8, 4) is 23.0 Å². The number of hydrogen-bond donors (Lipinski definition) is 2. The summed E-state index contributed by atoms with van der Waals surface area (Å²) in [7, 11) is 0. The molecule has 0 aromatic heterocycles. The molecule has 0 radical (unpaired) electrons. The fourth-order valence-electron chi connectivity index (χ4n) is 3.75. The zero-order valence-corrected chi connectivity index (χ0v) is 14.5. The number of ether oxygens (including phenoxy) is 2. The molecule has 0 saturated carbocycles. The molecule has 0 atom stereocenters. The van der Waals surface area contributed by atoms with E-state index in [1.165, 1.54) is 24.3 Å². The lowest BCUT2D eigenvalue weighted by molar-refractivity contribution is 0.0224. The van der Waals surface area contributed by atoms with Crippen molar-refractivity contribution < 1.29 is 24.5 Å². The van der Waals surface area contributed by atoms with Crippen LogP contribution < -0.4 is 4.74 Å². The first kappa shape index (κ1) is 15.8. The SMILES string of the molecule is O=C1OC2(c3ccc(O)cc3Oc3cc(O)ccc32)c2ccc(N=S)cc21. The van der Waals surface area contributed by atoms with Gasteiger partial charge in [-0.2, -0.15) is 4.36 Å². The lowest BCUT2D eigenvalue weighted by Crippen LogP contribution is -2.32. The second-order valence-electron chi connectivity index (χ2n) is 6.35. The third-order valence-electron chi connectivity index (χ3n) is 4.86. The van der Waals surface area contributed by atoms with Gasteiger partial charge in [0, 0.05) is 41.2 Å². The Morgan fingerprint density at radius 3 is 2.04 bits per heavy atom. The molecule has 0 amide bonds. The van der Waals surface area contributed by atoms with E-state index in [1.807, 2.05) is 0 Å². The Kier molecular flexibility index (Phi) is 3.08. The minimum absolute atomic E-state index is 0.0114. The van der Waals surface area contributed by atoms with Crippen molar-refractivity contribution in [1.29, 1.82) is 0 Å². The zero-order valence-electron chi connectivity index (χ0n) is 13.7. The molecule has 5 rings (SSSR count). The van der Waals surface area contributed by atoms with Crippen LogP contribution in [0.2, 0.25) is 0 Å². The normalized spacial score (nSPS) is 15.3. The number of phenols is 2. The highest BCUT2D eigenvalue weighted by Gasteiger charge is 2.53. The molecule has 6 nitrogen and oxygen atoms in total. The summed E-state index contributed by atoms with van der Waals surface area (Å²) < 4.78 is 15.5. The number of rotatable bonds is 1. The highest BCUT2D eigenvalue weighted by Crippen LogP contribution is 2.57. The molecule has 2 heterocycles. The predicted octanol–water partition coefficient (Wildman–Crippen LogP) is 4.03. The van der Waals surface area contributed by atoms with Gasteiger partial charge in [0.05, 0.1) is 11.3 Å². The summed E-state index contributed by atoms with van der Waals surface area (Å²) in [6.07, 6.45) is 0. The number of phenolic OH excluding ortho intramolecular Hbond substituents is 2. The van der Waals surface area contributed by atoms with E-state index in [0.717, 1.165) is 0 Å². The molecule has 0 unspecified atom stereocenters. The summed E-state index contributed by atoms with van der Waals surface area (Å²) in [6, 6.07) is 14.3. The van der Waals surface area contributed by atoms with Crippen LogP contribution in [-0.4, -0.2) is 16.2 Å². The highest BCUT2D eigenvalue weighted by molar-refractivity contribution is 7.47. The molecule has 132 valence electrons. The summed E-state index contributed by atoms with van der Waals surface area (Å²) >= 11 is 4.73. The Morgan fingerprint density at radius 1 is 0.852 bits per heavy atom. The number of esters is 1. The second-order valence-corrected chi connectivity index (χ2v) is 6.54. The van der Waals surface area contributed by atoms with E-state index >= 15 is 0 Å². The van der Waals surface area contributed by atoms with Gasteiger partial charge in [0.25, 0.3) is 0 Å². The molecule has 3 aromatic carbocycles. The molecule has 2 aliphatic heterocycles. The Bertz CT molecular complexity index is 1110. The van der Waals surface area contributed by atoms with Crippen molar-refractivity contribution in [1.82, 2.24) is 0 Å². The number of fused-ring (bicyclic) bond motifs is 6. The van der Waals surface area contributed by atoms with Gasteiger partial charge in [0.1, 0.15) is 23.0 Å². The number of benzene rings is 3. The van der Waals surface area contributed by atoms with Gasteiger partial charge in [-0.05, 0) is 36.4 Å². The fourth-order valence-corrected chi connectivity index (χ4v) is 3.86. The van der Waals surface area contributed by atoms with Crippen LogP contribution in [0, 0.1) is 0 Å². The van der Waals surface area contributed by atoms with E-state index in [-0.39, 0.29) is 11.5 Å². The van der Waals surface area contributed by atoms with Crippen molar-refractivity contribution >= 4 is 24.1 Å². The quantitative estimate of drug-likeness (QED) is 0.623. The largest absolute Gasteiger partial charge is 0.508 e. The van der Waals surface area contributed by atoms with Gasteiger partial charge < -0.3 is 19.7 Å². The van der Waals surface area contributed by atoms with Gasteiger partial charge in [-0.1, -0.05) is 6.07 Å². The topological polar surface area (TPSA) is 88.4 Å². The average molecular weight is 377 g/mol. The van der Waals surface area contributed by atoms with Crippen molar-refractivity contribution in [2.45, 2.75) is 5.60 Å². The van der Waals surface area contributed by atoms with Crippen molar-refractivity contribution in [2.24, 2.45) is 4.36 Å². The number of hydrogen-bond acceptors (Lipinski definition) is 7. The van der Waals surface area contributed by atoms with Gasteiger partial charge in [-0.25, -0.2) is 4.79 Å². The second kappa shape index (κ2) is 5.28. The van der Waals surface area contributed by atoms with E-state index in [2.05, 4.69) is 4.36 Å². The van der Waals surface area contributed by atoms with Crippen LogP contribution in [-0.2, 0) is 22.8 Å². The Hall–Kier alpha value is -3.45. The molecule has 2 N–H and O–H groups in total. The third kappa shape index (κ3) is 2.03. The minimum Gasteiger partial charge on any atom is -0.508 e. The minimum atomic E-state index is -1.25. The maximum Gasteiger partial charge on any atom is 0.340 e. The maximum absolute atomic E-state index is 12.7. The lowest BCUT2D eigenvalue weighted by Gasteiger charge is -2.36. The number of carbonyl (C=O) groups is 1. The highest BCUT2D eigenvalue weighted by atomic mass is 32.1. The van der Waals surface area contributed by atoms with Gasteiger partial charge in [-0.3, -0.25) is 0 Å². The molecule has 3 aromatic rings. The lowest BCUT2D eigenvalue weighted by atomic mass is 9.77. The molecule has 0 saturated heterocycles. The first-order valence-corrected chi connectivity index (χ1v) is 8.45. The number of nitrogens with zero attached hydrogens (tertiary/aromatic N) is 1. The van der Waals surface area contributed by atoms with E-state index in [9.17, 15) is 15.0 Å². The summed E-state index contributed by atoms with van der Waals surface area (Å²) in [6.45, 7) is 0. The monoisotopic (exact) mass is 377 g/mol. The molecule has 7 heteroatoms. The van der Waals surface area contributed by atoms with Crippen LogP contribution in [0.25, 0.3) is 0 Å². The van der Waals surface area contributed by atoms with Gasteiger partial charge >= 0.3 is 5.97 Å². The Labute approximate surface area is 158 Å². The summed E-state index contributed by atoms with van der Waals surface area (Å²) in [5.41, 5.74) is 1.37. The van der Waals surface area contributed by atoms with E-state index in [4.69, 9.17) is 21.9 Å². The van der Waals surface area contributed by atoms with E-state index < -0.39 is 11.6 Å². The zero-order chi connectivity index (χ0) is 18.8. The van der Waals surface area contributed by atoms with Crippen LogP contribution in [0.1, 0.15) is 27.0 Å². The standard InChI is InChI=1S/C20H11NO5S/c22-11-2-5-15-17(8-11)25-18-9-12(23)3-6-16(18)20(15)14-4-1-10(21-27)7-13(14)19(24)26-20/h1-9,22-23H. The Morgan fingerprint density at radius 2 is 1.44 bits per heavy atom. The molecule has 0 fully saturated rings. The fraction of sp³-hybridized carbons (Fsp3) is 0.0500. The van der Waals surface area contributed by atoms with Gasteiger partial charge in [0.2, 0.25) is 0 Å². The van der Waals surface area contributed by atoms with Crippen molar-refractivity contribution in [3.05, 3.63) is 76.9 Å². The Balaban J connectivity index is 1.89. The summed E-state index contributed by atoms with van der Waals surface area (Å²) in [5.74, 6) is 0.191. The summed E-state index contributed by atoms with van der Waals surface area (Å²) in [4.78, 5) is 12.7. The molecule has 0 aliphatic carbocycles. The third-order valence-corrected chi connectivity index (χ3v) is 5.07. The van der Waals surface area contributed by atoms with Gasteiger partial charge in [0.15, 0.2) is 5.60 Å². The first-order chi connectivity index (χ1) is 13.0. The van der Waals surface area contributed by atoms with Crippen LogP contribution in [0.3, 0.4) is 0 Å². The van der Waals surface area contributed by atoms with Crippen LogP contribution in [0.15, 0.2) is 59.0 Å². The van der Waals surface area contributed by atoms with Gasteiger partial charge in [-0.15, -0.1) is 0 Å². The van der Waals surface area contributed by atoms with Crippen LogP contribution in [0.4, 0.5) is 5.69 Å². The van der Waals surface area contributed by atoms with Crippen LogP contribution in [0.5, 0.6) is 23.0 Å². The average Bonchev–Trinajstić information content (AvgIpc) is 2.94. The summed E-state index contributed by atoms with van der Waals surface area (Å²) in [5, 5.41) is 19.8. The predicted molar refractivity (Wildman–Crippen MR) is 97.5 cm³/mol. The molecule has 2 aliphatic rings. The maximum atomic E-state index is 12.7.